The standard InChI is InChI=1S/C15H23BrN4O/c1-11-15(16)12(2)20(17-11)7-5-14(21)19-9-8-18-6-3-4-13(18)10-19/h13H,3-10H2,1-2H3/t13-/m0/s1. The predicted octanol–water partition coefficient (Wildman–Crippen LogP) is 1.96. The second kappa shape index (κ2) is 6.08. The molecule has 3 heterocycles. The lowest BCUT2D eigenvalue weighted by molar-refractivity contribution is -0.134. The molecule has 2 aliphatic heterocycles. The highest BCUT2D eigenvalue weighted by molar-refractivity contribution is 9.10. The molecule has 1 aromatic heterocycles. The fourth-order valence-corrected chi connectivity index (χ4v) is 3.75. The molecule has 1 amide bonds. The van der Waals surface area contributed by atoms with E-state index < -0.39 is 0 Å². The summed E-state index contributed by atoms with van der Waals surface area (Å²) in [6.45, 7) is 8.74. The predicted molar refractivity (Wildman–Crippen MR) is 85.2 cm³/mol. The molecule has 1 atom stereocenters. The molecule has 2 saturated heterocycles. The Labute approximate surface area is 134 Å². The molecule has 0 spiro atoms. The van der Waals surface area contributed by atoms with E-state index in [1.54, 1.807) is 0 Å². The van der Waals surface area contributed by atoms with Gasteiger partial charge in [-0.3, -0.25) is 14.4 Å². The number of nitrogens with zero attached hydrogens (tertiary/aromatic N) is 4. The van der Waals surface area contributed by atoms with Crippen LogP contribution in [-0.4, -0.2) is 57.7 Å². The number of amides is 1. The summed E-state index contributed by atoms with van der Waals surface area (Å²) in [5, 5.41) is 4.47. The topological polar surface area (TPSA) is 41.4 Å². The normalized spacial score (nSPS) is 22.6. The Morgan fingerprint density at radius 2 is 2.14 bits per heavy atom. The Kier molecular flexibility index (Phi) is 4.36. The van der Waals surface area contributed by atoms with Crippen LogP contribution in [0.4, 0.5) is 0 Å². The highest BCUT2D eigenvalue weighted by Crippen LogP contribution is 2.22. The molecule has 3 rings (SSSR count). The average molecular weight is 355 g/mol. The third-order valence-electron chi connectivity index (χ3n) is 4.77. The van der Waals surface area contributed by atoms with Crippen molar-refractivity contribution in [3.8, 4) is 0 Å². The minimum atomic E-state index is 0.269. The molecule has 2 aliphatic rings. The molecule has 6 heteroatoms. The quantitative estimate of drug-likeness (QED) is 0.832. The Hall–Kier alpha value is -0.880. The van der Waals surface area contributed by atoms with Crippen molar-refractivity contribution in [2.24, 2.45) is 0 Å². The fourth-order valence-electron chi connectivity index (χ4n) is 3.47. The zero-order valence-corrected chi connectivity index (χ0v) is 14.4. The van der Waals surface area contributed by atoms with Gasteiger partial charge in [0.2, 0.25) is 5.91 Å². The van der Waals surface area contributed by atoms with Crippen LogP contribution in [0.3, 0.4) is 0 Å². The molecule has 21 heavy (non-hydrogen) atoms. The lowest BCUT2D eigenvalue weighted by Gasteiger charge is -2.37. The number of rotatable bonds is 3. The van der Waals surface area contributed by atoms with Gasteiger partial charge >= 0.3 is 0 Å². The van der Waals surface area contributed by atoms with E-state index in [1.165, 1.54) is 19.4 Å². The molecular formula is C15H23BrN4O. The van der Waals surface area contributed by atoms with Crippen molar-refractivity contribution in [2.75, 3.05) is 26.2 Å². The van der Waals surface area contributed by atoms with Crippen molar-refractivity contribution in [1.29, 1.82) is 0 Å². The third kappa shape index (κ3) is 3.01. The maximum atomic E-state index is 12.4. The number of aromatic nitrogens is 2. The highest BCUT2D eigenvalue weighted by Gasteiger charge is 2.32. The molecule has 5 nitrogen and oxygen atoms in total. The lowest BCUT2D eigenvalue weighted by atomic mass is 10.1. The van der Waals surface area contributed by atoms with Crippen LogP contribution in [0.2, 0.25) is 0 Å². The molecule has 0 bridgehead atoms. The summed E-state index contributed by atoms with van der Waals surface area (Å²) in [6.07, 6.45) is 3.07. The first-order valence-corrected chi connectivity index (χ1v) is 8.57. The Balaban J connectivity index is 1.55. The number of fused-ring (bicyclic) bond motifs is 1. The van der Waals surface area contributed by atoms with E-state index in [2.05, 4.69) is 25.9 Å². The Bertz CT molecular complexity index is 542. The maximum Gasteiger partial charge on any atom is 0.224 e. The molecule has 2 fully saturated rings. The van der Waals surface area contributed by atoms with Crippen molar-refractivity contribution in [3.05, 3.63) is 15.9 Å². The van der Waals surface area contributed by atoms with E-state index in [1.807, 2.05) is 23.4 Å². The van der Waals surface area contributed by atoms with Crippen molar-refractivity contribution >= 4 is 21.8 Å². The van der Waals surface area contributed by atoms with Crippen LogP contribution in [0.25, 0.3) is 0 Å². The van der Waals surface area contributed by atoms with E-state index in [-0.39, 0.29) is 5.91 Å². The molecule has 0 unspecified atom stereocenters. The van der Waals surface area contributed by atoms with Crippen LogP contribution >= 0.6 is 15.9 Å². The summed E-state index contributed by atoms with van der Waals surface area (Å²) >= 11 is 3.53. The summed E-state index contributed by atoms with van der Waals surface area (Å²) in [7, 11) is 0. The van der Waals surface area contributed by atoms with Crippen LogP contribution in [0.1, 0.15) is 30.7 Å². The number of halogens is 1. The van der Waals surface area contributed by atoms with Crippen molar-refractivity contribution in [3.63, 3.8) is 0 Å². The molecule has 0 N–H and O–H groups in total. The minimum Gasteiger partial charge on any atom is -0.340 e. The van der Waals surface area contributed by atoms with Crippen LogP contribution < -0.4 is 0 Å². The highest BCUT2D eigenvalue weighted by atomic mass is 79.9. The van der Waals surface area contributed by atoms with Gasteiger partial charge in [0.25, 0.3) is 0 Å². The zero-order valence-electron chi connectivity index (χ0n) is 12.8. The van der Waals surface area contributed by atoms with E-state index in [9.17, 15) is 4.79 Å². The van der Waals surface area contributed by atoms with E-state index in [0.717, 1.165) is 35.5 Å². The largest absolute Gasteiger partial charge is 0.340 e. The Morgan fingerprint density at radius 3 is 2.86 bits per heavy atom. The summed E-state index contributed by atoms with van der Waals surface area (Å²) in [5.41, 5.74) is 2.08. The zero-order chi connectivity index (χ0) is 15.0. The average Bonchev–Trinajstić information content (AvgIpc) is 3.04. The van der Waals surface area contributed by atoms with Crippen LogP contribution in [0.5, 0.6) is 0 Å². The number of carbonyl (C=O) groups excluding carboxylic acids is 1. The minimum absolute atomic E-state index is 0.269. The molecule has 0 aliphatic carbocycles. The van der Waals surface area contributed by atoms with Gasteiger partial charge in [0.05, 0.1) is 16.7 Å². The monoisotopic (exact) mass is 354 g/mol. The van der Waals surface area contributed by atoms with Crippen LogP contribution in [0.15, 0.2) is 4.47 Å². The first-order valence-electron chi connectivity index (χ1n) is 7.77. The molecule has 1 aromatic rings. The van der Waals surface area contributed by atoms with Gasteiger partial charge in [-0.2, -0.15) is 5.10 Å². The third-order valence-corrected chi connectivity index (χ3v) is 5.92. The van der Waals surface area contributed by atoms with E-state index in [0.29, 0.717) is 19.0 Å². The van der Waals surface area contributed by atoms with Crippen molar-refractivity contribution in [1.82, 2.24) is 19.6 Å². The molecule has 0 radical (unpaired) electrons. The number of carbonyl (C=O) groups is 1. The van der Waals surface area contributed by atoms with Gasteiger partial charge in [0.15, 0.2) is 0 Å². The van der Waals surface area contributed by atoms with E-state index in [4.69, 9.17) is 0 Å². The SMILES string of the molecule is Cc1nn(CCC(=O)N2CCN3CCC[C@H]3C2)c(C)c1Br. The fraction of sp³-hybridized carbons (Fsp3) is 0.733. The van der Waals surface area contributed by atoms with Gasteiger partial charge in [0, 0.05) is 37.8 Å². The van der Waals surface area contributed by atoms with Crippen LogP contribution in [0, 0.1) is 13.8 Å². The summed E-state index contributed by atoms with van der Waals surface area (Å²) in [6, 6.07) is 0.602. The molecular weight excluding hydrogens is 332 g/mol. The van der Waals surface area contributed by atoms with Gasteiger partial charge in [0.1, 0.15) is 0 Å². The van der Waals surface area contributed by atoms with Gasteiger partial charge in [-0.1, -0.05) is 0 Å². The maximum absolute atomic E-state index is 12.4. The summed E-state index contributed by atoms with van der Waals surface area (Å²) in [5.74, 6) is 0.269. The van der Waals surface area contributed by atoms with Gasteiger partial charge in [-0.05, 0) is 49.2 Å². The summed E-state index contributed by atoms with van der Waals surface area (Å²) < 4.78 is 2.98. The summed E-state index contributed by atoms with van der Waals surface area (Å²) in [4.78, 5) is 17.0. The first-order chi connectivity index (χ1) is 10.1. The lowest BCUT2D eigenvalue weighted by Crippen LogP contribution is -2.52. The van der Waals surface area contributed by atoms with E-state index >= 15 is 0 Å². The first kappa shape index (κ1) is 15.0. The van der Waals surface area contributed by atoms with Gasteiger partial charge in [-0.15, -0.1) is 0 Å². The molecule has 0 saturated carbocycles. The number of piperazine rings is 1. The molecule has 116 valence electrons. The van der Waals surface area contributed by atoms with Crippen molar-refractivity contribution < 1.29 is 4.79 Å². The smallest absolute Gasteiger partial charge is 0.224 e. The van der Waals surface area contributed by atoms with Crippen molar-refractivity contribution in [2.45, 2.75) is 45.7 Å². The molecule has 0 aromatic carbocycles. The Morgan fingerprint density at radius 1 is 1.33 bits per heavy atom. The van der Waals surface area contributed by atoms with Gasteiger partial charge in [-0.25, -0.2) is 0 Å². The second-order valence-electron chi connectivity index (χ2n) is 6.13. The second-order valence-corrected chi connectivity index (χ2v) is 6.92. The number of hydrogen-bond donors (Lipinski definition) is 0. The number of aryl methyl sites for hydroxylation is 2. The van der Waals surface area contributed by atoms with Crippen LogP contribution in [-0.2, 0) is 11.3 Å². The number of hydrogen-bond acceptors (Lipinski definition) is 3. The van der Waals surface area contributed by atoms with Gasteiger partial charge < -0.3 is 4.90 Å².